The Hall–Kier alpha value is -1.10. The van der Waals surface area contributed by atoms with Gasteiger partial charge < -0.3 is 5.32 Å². The number of nitrogens with zero attached hydrogens (tertiary/aromatic N) is 2. The molecule has 5 heteroatoms. The Balaban J connectivity index is 1.74. The summed E-state index contributed by atoms with van der Waals surface area (Å²) < 4.78 is 15.4. The van der Waals surface area contributed by atoms with Crippen molar-refractivity contribution in [2.75, 3.05) is 11.9 Å². The van der Waals surface area contributed by atoms with Crippen LogP contribution < -0.4 is 5.32 Å². The van der Waals surface area contributed by atoms with Gasteiger partial charge in [0, 0.05) is 24.7 Å². The van der Waals surface area contributed by atoms with E-state index in [0.29, 0.717) is 18.8 Å². The van der Waals surface area contributed by atoms with Crippen LogP contribution in [0.25, 0.3) is 10.9 Å². The first-order valence-corrected chi connectivity index (χ1v) is 6.93. The van der Waals surface area contributed by atoms with Gasteiger partial charge in [0.05, 0.1) is 5.52 Å². The third-order valence-corrected chi connectivity index (χ3v) is 4.17. The maximum atomic E-state index is 12.7. The first kappa shape index (κ1) is 12.0. The van der Waals surface area contributed by atoms with Crippen LogP contribution in [0.1, 0.15) is 12.8 Å². The number of alkyl halides is 1. The monoisotopic (exact) mass is 311 g/mol. The van der Waals surface area contributed by atoms with Gasteiger partial charge in [0.25, 0.3) is 0 Å². The van der Waals surface area contributed by atoms with Gasteiger partial charge in [0.15, 0.2) is 0 Å². The van der Waals surface area contributed by atoms with E-state index in [1.54, 1.807) is 0 Å². The smallest absolute Gasteiger partial charge is 0.135 e. The summed E-state index contributed by atoms with van der Waals surface area (Å²) in [7, 11) is 1.93. The normalized spacial score (nSPS) is 23.1. The Kier molecular flexibility index (Phi) is 3.01. The molecule has 96 valence electrons. The second-order valence-corrected chi connectivity index (χ2v) is 5.71. The summed E-state index contributed by atoms with van der Waals surface area (Å²) in [6.07, 6.45) is 0.825. The fourth-order valence-electron chi connectivity index (χ4n) is 2.41. The lowest BCUT2D eigenvalue weighted by molar-refractivity contribution is 0.140. The molecule has 0 amide bonds. The van der Waals surface area contributed by atoms with Crippen molar-refractivity contribution < 1.29 is 4.39 Å². The van der Waals surface area contributed by atoms with E-state index in [1.165, 1.54) is 0 Å². The highest BCUT2D eigenvalue weighted by Gasteiger charge is 2.28. The quantitative estimate of drug-likeness (QED) is 0.940. The van der Waals surface area contributed by atoms with Crippen LogP contribution in [0, 0.1) is 5.92 Å². The summed E-state index contributed by atoms with van der Waals surface area (Å²) >= 11 is 3.44. The van der Waals surface area contributed by atoms with Crippen molar-refractivity contribution in [1.29, 1.82) is 0 Å². The molecule has 1 fully saturated rings. The molecule has 1 heterocycles. The van der Waals surface area contributed by atoms with Crippen LogP contribution in [0.3, 0.4) is 0 Å². The first-order chi connectivity index (χ1) is 8.63. The molecule has 1 aliphatic rings. The molecule has 1 aromatic heterocycles. The van der Waals surface area contributed by atoms with Crippen molar-refractivity contribution in [3.63, 3.8) is 0 Å². The summed E-state index contributed by atoms with van der Waals surface area (Å²) in [5, 5.41) is 8.80. The van der Waals surface area contributed by atoms with Gasteiger partial charge in [0.1, 0.15) is 10.8 Å². The lowest BCUT2D eigenvalue weighted by atomic mass is 9.83. The van der Waals surface area contributed by atoms with E-state index in [0.717, 1.165) is 27.7 Å². The number of hydrogen-bond donors (Lipinski definition) is 1. The predicted octanol–water partition coefficient (Wildman–Crippen LogP) is 3.50. The molecule has 1 aromatic carbocycles. The minimum Gasteiger partial charge on any atom is -0.385 e. The van der Waals surface area contributed by atoms with Gasteiger partial charge in [-0.25, -0.2) is 4.39 Å². The van der Waals surface area contributed by atoms with Gasteiger partial charge >= 0.3 is 0 Å². The number of aromatic nitrogens is 2. The summed E-state index contributed by atoms with van der Waals surface area (Å²) in [5.41, 5.74) is 2.16. The number of hydrogen-bond acceptors (Lipinski definition) is 2. The van der Waals surface area contributed by atoms with Crippen molar-refractivity contribution in [2.45, 2.75) is 19.0 Å². The molecule has 0 spiro atoms. The number of nitrogens with one attached hydrogen (secondary N) is 1. The van der Waals surface area contributed by atoms with Crippen molar-refractivity contribution in [3.05, 3.63) is 22.8 Å². The van der Waals surface area contributed by atoms with Crippen LogP contribution >= 0.6 is 15.9 Å². The lowest BCUT2D eigenvalue weighted by Crippen LogP contribution is -2.30. The SMILES string of the molecule is Cn1nc(Br)c2ccc(NCC3CC(F)C3)cc21. The molecule has 0 unspecified atom stereocenters. The van der Waals surface area contributed by atoms with E-state index in [4.69, 9.17) is 0 Å². The summed E-state index contributed by atoms with van der Waals surface area (Å²) in [5.74, 6) is 0.481. The summed E-state index contributed by atoms with van der Waals surface area (Å²) in [6.45, 7) is 0.852. The van der Waals surface area contributed by atoms with Crippen LogP contribution in [0.15, 0.2) is 22.8 Å². The Morgan fingerprint density at radius 3 is 3.00 bits per heavy atom. The molecular weight excluding hydrogens is 297 g/mol. The number of anilines is 1. The molecule has 18 heavy (non-hydrogen) atoms. The molecule has 0 radical (unpaired) electrons. The average Bonchev–Trinajstić information content (AvgIpc) is 2.59. The van der Waals surface area contributed by atoms with E-state index in [1.807, 2.05) is 23.9 Å². The number of benzene rings is 1. The molecule has 1 aliphatic carbocycles. The third kappa shape index (κ3) is 2.11. The second kappa shape index (κ2) is 4.53. The molecule has 0 saturated heterocycles. The van der Waals surface area contributed by atoms with Crippen LogP contribution in [0.5, 0.6) is 0 Å². The zero-order valence-corrected chi connectivity index (χ0v) is 11.7. The zero-order chi connectivity index (χ0) is 12.7. The van der Waals surface area contributed by atoms with E-state index < -0.39 is 6.17 Å². The highest BCUT2D eigenvalue weighted by Crippen LogP contribution is 2.31. The fraction of sp³-hybridized carbons (Fsp3) is 0.462. The fourth-order valence-corrected chi connectivity index (χ4v) is 2.98. The number of aryl methyl sites for hydroxylation is 1. The highest BCUT2D eigenvalue weighted by molar-refractivity contribution is 9.10. The van der Waals surface area contributed by atoms with Crippen molar-refractivity contribution in [2.24, 2.45) is 13.0 Å². The highest BCUT2D eigenvalue weighted by atomic mass is 79.9. The number of rotatable bonds is 3. The Morgan fingerprint density at radius 1 is 1.50 bits per heavy atom. The summed E-state index contributed by atoms with van der Waals surface area (Å²) in [6, 6.07) is 6.17. The number of halogens is 2. The molecule has 1 N–H and O–H groups in total. The lowest BCUT2D eigenvalue weighted by Gasteiger charge is -2.29. The zero-order valence-electron chi connectivity index (χ0n) is 10.2. The third-order valence-electron chi connectivity index (χ3n) is 3.58. The van der Waals surface area contributed by atoms with E-state index in [-0.39, 0.29) is 0 Å². The Bertz CT molecular complexity index is 575. The Labute approximate surface area is 113 Å². The molecule has 0 aliphatic heterocycles. The van der Waals surface area contributed by atoms with Crippen LogP contribution in [-0.4, -0.2) is 22.5 Å². The van der Waals surface area contributed by atoms with Gasteiger partial charge in [-0.3, -0.25) is 4.68 Å². The van der Waals surface area contributed by atoms with Gasteiger partial charge in [-0.1, -0.05) is 0 Å². The molecule has 1 saturated carbocycles. The predicted molar refractivity (Wildman–Crippen MR) is 74.5 cm³/mol. The molecule has 2 aromatic rings. The average molecular weight is 312 g/mol. The van der Waals surface area contributed by atoms with Crippen LogP contribution in [0.2, 0.25) is 0 Å². The minimum absolute atomic E-state index is 0.481. The largest absolute Gasteiger partial charge is 0.385 e. The van der Waals surface area contributed by atoms with Gasteiger partial charge in [-0.05, 0) is 52.9 Å². The van der Waals surface area contributed by atoms with Gasteiger partial charge in [-0.2, -0.15) is 5.10 Å². The maximum Gasteiger partial charge on any atom is 0.135 e. The van der Waals surface area contributed by atoms with Gasteiger partial charge in [-0.15, -0.1) is 0 Å². The van der Waals surface area contributed by atoms with Crippen molar-refractivity contribution >= 4 is 32.5 Å². The second-order valence-electron chi connectivity index (χ2n) is 4.96. The number of fused-ring (bicyclic) bond motifs is 1. The van der Waals surface area contributed by atoms with Crippen molar-refractivity contribution in [1.82, 2.24) is 9.78 Å². The van der Waals surface area contributed by atoms with Crippen LogP contribution in [-0.2, 0) is 7.05 Å². The molecule has 0 atom stereocenters. The first-order valence-electron chi connectivity index (χ1n) is 6.13. The Morgan fingerprint density at radius 2 is 2.28 bits per heavy atom. The maximum absolute atomic E-state index is 12.7. The van der Waals surface area contributed by atoms with E-state index in [2.05, 4.69) is 32.4 Å². The molecule has 3 nitrogen and oxygen atoms in total. The molecule has 3 rings (SSSR count). The minimum atomic E-state index is -0.577. The standard InChI is InChI=1S/C13H15BrFN3/c1-18-12-6-10(2-3-11(12)13(14)17-18)16-7-8-4-9(15)5-8/h2-3,6,8-9,16H,4-5,7H2,1H3. The van der Waals surface area contributed by atoms with Crippen LogP contribution in [0.4, 0.5) is 10.1 Å². The molecular formula is C13H15BrFN3. The molecule has 0 bridgehead atoms. The van der Waals surface area contributed by atoms with Crippen molar-refractivity contribution in [3.8, 4) is 0 Å². The summed E-state index contributed by atoms with van der Waals surface area (Å²) in [4.78, 5) is 0. The van der Waals surface area contributed by atoms with E-state index >= 15 is 0 Å². The topological polar surface area (TPSA) is 29.9 Å². The van der Waals surface area contributed by atoms with E-state index in [9.17, 15) is 4.39 Å². The van der Waals surface area contributed by atoms with Gasteiger partial charge in [0.2, 0.25) is 0 Å².